The SMILES string of the molecule is C=C1C=CCC(C=O)=C1. The summed E-state index contributed by atoms with van der Waals surface area (Å²) in [5.74, 6) is 0. The molecule has 0 aliphatic heterocycles. The van der Waals surface area contributed by atoms with Crippen LogP contribution in [-0.4, -0.2) is 6.29 Å². The van der Waals surface area contributed by atoms with Gasteiger partial charge < -0.3 is 0 Å². The number of carbonyl (C=O) groups is 1. The van der Waals surface area contributed by atoms with Crippen LogP contribution in [0, 0.1) is 0 Å². The van der Waals surface area contributed by atoms with E-state index < -0.39 is 0 Å². The maximum Gasteiger partial charge on any atom is 0.146 e. The van der Waals surface area contributed by atoms with Crippen LogP contribution in [0.2, 0.25) is 0 Å². The smallest absolute Gasteiger partial charge is 0.146 e. The molecule has 0 saturated heterocycles. The van der Waals surface area contributed by atoms with Crippen molar-refractivity contribution in [2.24, 2.45) is 0 Å². The van der Waals surface area contributed by atoms with Gasteiger partial charge >= 0.3 is 0 Å². The normalized spacial score (nSPS) is 17.3. The Hall–Kier alpha value is -1.11. The minimum atomic E-state index is 0.752. The molecule has 46 valence electrons. The van der Waals surface area contributed by atoms with Crippen LogP contribution in [0.1, 0.15) is 6.42 Å². The van der Waals surface area contributed by atoms with Crippen molar-refractivity contribution in [2.75, 3.05) is 0 Å². The lowest BCUT2D eigenvalue weighted by Gasteiger charge is -2.00. The molecule has 1 nitrogen and oxygen atoms in total. The van der Waals surface area contributed by atoms with Crippen LogP contribution >= 0.6 is 0 Å². The van der Waals surface area contributed by atoms with Gasteiger partial charge in [0.25, 0.3) is 0 Å². The molecule has 0 aromatic carbocycles. The van der Waals surface area contributed by atoms with Crippen LogP contribution in [-0.2, 0) is 4.79 Å². The molecule has 0 unspecified atom stereocenters. The third-order valence-electron chi connectivity index (χ3n) is 1.21. The van der Waals surface area contributed by atoms with Crippen molar-refractivity contribution in [3.8, 4) is 0 Å². The van der Waals surface area contributed by atoms with E-state index in [9.17, 15) is 4.79 Å². The number of aldehydes is 1. The van der Waals surface area contributed by atoms with E-state index in [4.69, 9.17) is 0 Å². The molecule has 0 radical (unpaired) electrons. The van der Waals surface area contributed by atoms with Crippen LogP contribution in [0.3, 0.4) is 0 Å². The van der Waals surface area contributed by atoms with E-state index in [0.717, 1.165) is 23.9 Å². The van der Waals surface area contributed by atoms with Crippen LogP contribution in [0.4, 0.5) is 0 Å². The molecule has 0 heterocycles. The Labute approximate surface area is 54.4 Å². The zero-order chi connectivity index (χ0) is 6.69. The molecule has 0 fully saturated rings. The third kappa shape index (κ3) is 1.39. The molecule has 0 amide bonds. The molecule has 0 saturated carbocycles. The highest BCUT2D eigenvalue weighted by atomic mass is 16.1. The van der Waals surface area contributed by atoms with E-state index in [1.54, 1.807) is 6.08 Å². The summed E-state index contributed by atoms with van der Waals surface area (Å²) in [5.41, 5.74) is 1.71. The molecule has 0 atom stereocenters. The summed E-state index contributed by atoms with van der Waals surface area (Å²) in [6.07, 6.45) is 7.27. The number of hydrogen-bond donors (Lipinski definition) is 0. The third-order valence-corrected chi connectivity index (χ3v) is 1.21. The van der Waals surface area contributed by atoms with E-state index in [2.05, 4.69) is 6.58 Å². The van der Waals surface area contributed by atoms with Crippen LogP contribution in [0.15, 0.2) is 36.0 Å². The van der Waals surface area contributed by atoms with Gasteiger partial charge in [0, 0.05) is 0 Å². The highest BCUT2D eigenvalue weighted by Crippen LogP contribution is 2.11. The Kier molecular flexibility index (Phi) is 1.63. The summed E-state index contributed by atoms with van der Waals surface area (Å²) < 4.78 is 0. The van der Waals surface area contributed by atoms with Gasteiger partial charge in [-0.15, -0.1) is 0 Å². The van der Waals surface area contributed by atoms with Gasteiger partial charge in [-0.1, -0.05) is 18.7 Å². The molecule has 0 N–H and O–H groups in total. The average Bonchev–Trinajstić information content (AvgIpc) is 1.88. The number of rotatable bonds is 1. The van der Waals surface area contributed by atoms with Crippen molar-refractivity contribution in [1.82, 2.24) is 0 Å². The minimum Gasteiger partial charge on any atom is -0.298 e. The molecule has 0 spiro atoms. The predicted molar refractivity (Wildman–Crippen MR) is 37.0 cm³/mol. The topological polar surface area (TPSA) is 17.1 Å². The quantitative estimate of drug-likeness (QED) is 0.480. The summed E-state index contributed by atoms with van der Waals surface area (Å²) in [7, 11) is 0. The Morgan fingerprint density at radius 2 is 2.44 bits per heavy atom. The summed E-state index contributed by atoms with van der Waals surface area (Å²) in [5, 5.41) is 0. The number of hydrogen-bond acceptors (Lipinski definition) is 1. The molecule has 0 bridgehead atoms. The van der Waals surface area contributed by atoms with Gasteiger partial charge in [-0.3, -0.25) is 4.79 Å². The Bertz CT molecular complexity index is 197. The highest BCUT2D eigenvalue weighted by Gasteiger charge is 1.96. The fraction of sp³-hybridized carbons (Fsp3) is 0.125. The van der Waals surface area contributed by atoms with Crippen molar-refractivity contribution in [3.05, 3.63) is 36.0 Å². The summed E-state index contributed by atoms with van der Waals surface area (Å²) in [4.78, 5) is 10.2. The zero-order valence-corrected chi connectivity index (χ0v) is 5.13. The van der Waals surface area contributed by atoms with E-state index in [1.165, 1.54) is 0 Å². The lowest BCUT2D eigenvalue weighted by molar-refractivity contribution is -0.105. The number of allylic oxidation sites excluding steroid dienone is 5. The fourth-order valence-electron chi connectivity index (χ4n) is 0.774. The first-order valence-corrected chi connectivity index (χ1v) is 2.84. The second-order valence-corrected chi connectivity index (χ2v) is 2.02. The minimum absolute atomic E-state index is 0.752. The second kappa shape index (κ2) is 2.44. The lowest BCUT2D eigenvalue weighted by atomic mass is 10.0. The summed E-state index contributed by atoms with van der Waals surface area (Å²) in [6.45, 7) is 3.69. The van der Waals surface area contributed by atoms with Gasteiger partial charge in [-0.2, -0.15) is 0 Å². The molecule has 1 aliphatic rings. The molecule has 9 heavy (non-hydrogen) atoms. The van der Waals surface area contributed by atoms with Gasteiger partial charge in [0.1, 0.15) is 6.29 Å². The van der Waals surface area contributed by atoms with Crippen molar-refractivity contribution >= 4 is 6.29 Å². The first-order chi connectivity index (χ1) is 4.33. The predicted octanol–water partition coefficient (Wildman–Crippen LogP) is 1.63. The van der Waals surface area contributed by atoms with Crippen LogP contribution < -0.4 is 0 Å². The van der Waals surface area contributed by atoms with Crippen LogP contribution in [0.25, 0.3) is 0 Å². The van der Waals surface area contributed by atoms with Crippen molar-refractivity contribution < 1.29 is 4.79 Å². The fourth-order valence-corrected chi connectivity index (χ4v) is 0.774. The number of carbonyl (C=O) groups excluding carboxylic acids is 1. The maximum absolute atomic E-state index is 10.2. The standard InChI is InChI=1S/C8H8O/c1-7-3-2-4-8(5-7)6-9/h2-3,5-6H,1,4H2. The van der Waals surface area contributed by atoms with E-state index >= 15 is 0 Å². The molecule has 1 rings (SSSR count). The summed E-state index contributed by atoms with van der Waals surface area (Å²) in [6, 6.07) is 0. The Morgan fingerprint density at radius 1 is 1.67 bits per heavy atom. The zero-order valence-electron chi connectivity index (χ0n) is 5.13. The first kappa shape index (κ1) is 6.02. The Morgan fingerprint density at radius 3 is 2.89 bits per heavy atom. The monoisotopic (exact) mass is 120 g/mol. The average molecular weight is 120 g/mol. The van der Waals surface area contributed by atoms with Gasteiger partial charge in [0.15, 0.2) is 0 Å². The highest BCUT2D eigenvalue weighted by molar-refractivity contribution is 5.75. The van der Waals surface area contributed by atoms with E-state index in [0.29, 0.717) is 0 Å². The van der Waals surface area contributed by atoms with E-state index in [-0.39, 0.29) is 0 Å². The molecular weight excluding hydrogens is 112 g/mol. The van der Waals surface area contributed by atoms with Gasteiger partial charge in [-0.05, 0) is 23.6 Å². The van der Waals surface area contributed by atoms with Gasteiger partial charge in [-0.25, -0.2) is 0 Å². The molecule has 1 heteroatoms. The largest absolute Gasteiger partial charge is 0.298 e. The lowest BCUT2D eigenvalue weighted by Crippen LogP contribution is -1.87. The van der Waals surface area contributed by atoms with Gasteiger partial charge in [0.05, 0.1) is 0 Å². The molecule has 0 aromatic rings. The molecular formula is C8H8O. The first-order valence-electron chi connectivity index (χ1n) is 2.84. The van der Waals surface area contributed by atoms with E-state index in [1.807, 2.05) is 12.2 Å². The maximum atomic E-state index is 10.2. The van der Waals surface area contributed by atoms with Crippen molar-refractivity contribution in [1.29, 1.82) is 0 Å². The van der Waals surface area contributed by atoms with Crippen LogP contribution in [0.5, 0.6) is 0 Å². The molecule has 0 aromatic heterocycles. The molecule has 1 aliphatic carbocycles. The Balaban J connectivity index is 2.77. The van der Waals surface area contributed by atoms with Crippen molar-refractivity contribution in [3.63, 3.8) is 0 Å². The van der Waals surface area contributed by atoms with Crippen molar-refractivity contribution in [2.45, 2.75) is 6.42 Å². The van der Waals surface area contributed by atoms with Gasteiger partial charge in [0.2, 0.25) is 0 Å². The second-order valence-electron chi connectivity index (χ2n) is 2.02. The summed E-state index contributed by atoms with van der Waals surface area (Å²) >= 11 is 0.